The summed E-state index contributed by atoms with van der Waals surface area (Å²) in [7, 11) is 0. The molecule has 2 atom stereocenters. The lowest BCUT2D eigenvalue weighted by atomic mass is 9.94. The molecular weight excluding hydrogens is 370 g/mol. The maximum Gasteiger partial charge on any atom is 0.278 e. The van der Waals surface area contributed by atoms with Crippen molar-refractivity contribution >= 4 is 46.4 Å². The number of halogens is 3. The van der Waals surface area contributed by atoms with Crippen LogP contribution in [0.3, 0.4) is 0 Å². The first kappa shape index (κ1) is 16.1. The van der Waals surface area contributed by atoms with Gasteiger partial charge in [0, 0.05) is 10.6 Å². The quantitative estimate of drug-likeness (QED) is 0.752. The SMILES string of the molecule is O=C1[C@@H]2C(c3ccc(Cl)cc3Cl)=NO[C@H]2C(=O)N1c1ccc(F)cc1. The van der Waals surface area contributed by atoms with E-state index < -0.39 is 29.7 Å². The van der Waals surface area contributed by atoms with Crippen LogP contribution in [0.25, 0.3) is 0 Å². The number of oxime groups is 1. The van der Waals surface area contributed by atoms with Gasteiger partial charge in [-0.3, -0.25) is 9.59 Å². The molecule has 2 aromatic rings. The summed E-state index contributed by atoms with van der Waals surface area (Å²) in [6, 6.07) is 9.82. The number of rotatable bonds is 2. The molecule has 126 valence electrons. The van der Waals surface area contributed by atoms with Gasteiger partial charge in [0.2, 0.25) is 12.0 Å². The van der Waals surface area contributed by atoms with Crippen LogP contribution in [-0.2, 0) is 14.4 Å². The van der Waals surface area contributed by atoms with Crippen molar-refractivity contribution < 1.29 is 18.8 Å². The summed E-state index contributed by atoms with van der Waals surface area (Å²) in [6.07, 6.45) is -1.06. The molecule has 25 heavy (non-hydrogen) atoms. The second kappa shape index (κ2) is 5.82. The van der Waals surface area contributed by atoms with Crippen LogP contribution < -0.4 is 4.90 Å². The minimum absolute atomic E-state index is 0.273. The molecule has 2 aromatic carbocycles. The molecular formula is C17H9Cl2FN2O3. The highest BCUT2D eigenvalue weighted by Crippen LogP contribution is 2.37. The van der Waals surface area contributed by atoms with Gasteiger partial charge >= 0.3 is 0 Å². The molecule has 2 heterocycles. The number of imide groups is 1. The van der Waals surface area contributed by atoms with Gasteiger partial charge < -0.3 is 4.84 Å². The lowest BCUT2D eigenvalue weighted by molar-refractivity contribution is -0.126. The highest BCUT2D eigenvalue weighted by Gasteiger charge is 2.56. The van der Waals surface area contributed by atoms with Crippen LogP contribution in [0.15, 0.2) is 47.6 Å². The maximum atomic E-state index is 13.1. The molecule has 5 nitrogen and oxygen atoms in total. The number of benzene rings is 2. The number of carbonyl (C=O) groups is 2. The van der Waals surface area contributed by atoms with Gasteiger partial charge in [-0.25, -0.2) is 9.29 Å². The van der Waals surface area contributed by atoms with Crippen molar-refractivity contribution in [2.75, 3.05) is 4.90 Å². The van der Waals surface area contributed by atoms with Crippen molar-refractivity contribution in [2.45, 2.75) is 6.10 Å². The van der Waals surface area contributed by atoms with E-state index in [4.69, 9.17) is 28.0 Å². The lowest BCUT2D eigenvalue weighted by Gasteiger charge is -2.15. The highest BCUT2D eigenvalue weighted by molar-refractivity contribution is 6.39. The Hall–Kier alpha value is -2.44. The van der Waals surface area contributed by atoms with Crippen molar-refractivity contribution in [3.05, 3.63) is 63.9 Å². The Morgan fingerprint density at radius 2 is 1.76 bits per heavy atom. The molecule has 1 fully saturated rings. The fourth-order valence-electron chi connectivity index (χ4n) is 2.94. The molecule has 0 aliphatic carbocycles. The Bertz CT molecular complexity index is 930. The zero-order chi connectivity index (χ0) is 17.7. The third kappa shape index (κ3) is 2.49. The van der Waals surface area contributed by atoms with E-state index in [0.29, 0.717) is 15.6 Å². The van der Waals surface area contributed by atoms with Gasteiger partial charge in [-0.15, -0.1) is 0 Å². The van der Waals surface area contributed by atoms with Crippen LogP contribution in [0.4, 0.5) is 10.1 Å². The zero-order valence-electron chi connectivity index (χ0n) is 12.4. The standard InChI is InChI=1S/C17H9Cl2FN2O3/c18-8-1-6-11(12(19)7-8)14-13-15(25-21-14)17(24)22(16(13)23)10-4-2-9(20)3-5-10/h1-7,13,15H/t13-,15-/m1/s1. The van der Waals surface area contributed by atoms with Gasteiger partial charge in [0.25, 0.3) is 5.91 Å². The predicted octanol–water partition coefficient (Wildman–Crippen LogP) is 3.43. The Labute approximate surface area is 151 Å². The third-order valence-electron chi connectivity index (χ3n) is 4.10. The molecule has 0 unspecified atom stereocenters. The van der Waals surface area contributed by atoms with Gasteiger partial charge in [0.1, 0.15) is 17.4 Å². The molecule has 0 aromatic heterocycles. The summed E-state index contributed by atoms with van der Waals surface area (Å²) in [5, 5.41) is 4.62. The summed E-state index contributed by atoms with van der Waals surface area (Å²) >= 11 is 12.1. The van der Waals surface area contributed by atoms with E-state index in [0.717, 1.165) is 4.90 Å². The predicted molar refractivity (Wildman–Crippen MR) is 90.3 cm³/mol. The average Bonchev–Trinajstić information content (AvgIpc) is 3.10. The van der Waals surface area contributed by atoms with Crippen molar-refractivity contribution in [1.29, 1.82) is 0 Å². The van der Waals surface area contributed by atoms with E-state index in [1.54, 1.807) is 12.1 Å². The minimum atomic E-state index is -1.06. The van der Waals surface area contributed by atoms with Crippen LogP contribution >= 0.6 is 23.2 Å². The minimum Gasteiger partial charge on any atom is -0.381 e. The molecule has 1 saturated heterocycles. The largest absolute Gasteiger partial charge is 0.381 e. The van der Waals surface area contributed by atoms with Crippen molar-refractivity contribution in [3.8, 4) is 0 Å². The zero-order valence-corrected chi connectivity index (χ0v) is 14.0. The summed E-state index contributed by atoms with van der Waals surface area (Å²) < 4.78 is 13.1. The van der Waals surface area contributed by atoms with E-state index in [1.165, 1.54) is 30.3 Å². The molecule has 2 aliphatic rings. The first-order chi connectivity index (χ1) is 12.0. The van der Waals surface area contributed by atoms with Crippen LogP contribution in [0, 0.1) is 11.7 Å². The molecule has 0 N–H and O–H groups in total. The molecule has 0 radical (unpaired) electrons. The number of hydrogen-bond donors (Lipinski definition) is 0. The molecule has 0 bridgehead atoms. The highest BCUT2D eigenvalue weighted by atomic mass is 35.5. The molecule has 2 amide bonds. The fraction of sp³-hybridized carbons (Fsp3) is 0.118. The topological polar surface area (TPSA) is 59.0 Å². The number of anilines is 1. The Morgan fingerprint density at radius 1 is 1.04 bits per heavy atom. The van der Waals surface area contributed by atoms with Gasteiger partial charge in [-0.05, 0) is 36.4 Å². The van der Waals surface area contributed by atoms with Crippen molar-refractivity contribution in [3.63, 3.8) is 0 Å². The second-order valence-electron chi connectivity index (χ2n) is 5.59. The van der Waals surface area contributed by atoms with E-state index in [9.17, 15) is 14.0 Å². The van der Waals surface area contributed by atoms with Gasteiger partial charge in [0.15, 0.2) is 0 Å². The van der Waals surface area contributed by atoms with Crippen LogP contribution in [0.1, 0.15) is 5.56 Å². The summed E-state index contributed by atoms with van der Waals surface area (Å²) in [4.78, 5) is 31.6. The van der Waals surface area contributed by atoms with Gasteiger partial charge in [0.05, 0.1) is 10.7 Å². The van der Waals surface area contributed by atoms with E-state index >= 15 is 0 Å². The van der Waals surface area contributed by atoms with E-state index in [1.807, 2.05) is 0 Å². The smallest absolute Gasteiger partial charge is 0.278 e. The first-order valence-corrected chi connectivity index (χ1v) is 8.05. The third-order valence-corrected chi connectivity index (χ3v) is 4.65. The average molecular weight is 379 g/mol. The first-order valence-electron chi connectivity index (χ1n) is 7.30. The normalized spacial score (nSPS) is 22.0. The lowest BCUT2D eigenvalue weighted by Crippen LogP contribution is -2.33. The van der Waals surface area contributed by atoms with E-state index in [-0.39, 0.29) is 11.4 Å². The van der Waals surface area contributed by atoms with Crippen molar-refractivity contribution in [1.82, 2.24) is 0 Å². The number of amides is 2. The number of carbonyl (C=O) groups excluding carboxylic acids is 2. The number of hydrogen-bond acceptors (Lipinski definition) is 4. The van der Waals surface area contributed by atoms with Crippen LogP contribution in [0.2, 0.25) is 10.0 Å². The molecule has 8 heteroatoms. The fourth-order valence-corrected chi connectivity index (χ4v) is 3.45. The molecule has 4 rings (SSSR count). The number of fused-ring (bicyclic) bond motifs is 1. The van der Waals surface area contributed by atoms with Crippen LogP contribution in [-0.4, -0.2) is 23.6 Å². The summed E-state index contributed by atoms with van der Waals surface area (Å²) in [5.41, 5.74) is 1.02. The molecule has 0 spiro atoms. The Kier molecular flexibility index (Phi) is 3.74. The van der Waals surface area contributed by atoms with Crippen LogP contribution in [0.5, 0.6) is 0 Å². The molecule has 0 saturated carbocycles. The second-order valence-corrected chi connectivity index (χ2v) is 6.44. The Balaban J connectivity index is 1.72. The van der Waals surface area contributed by atoms with Gasteiger partial charge in [-0.1, -0.05) is 34.4 Å². The van der Waals surface area contributed by atoms with E-state index in [2.05, 4.69) is 5.16 Å². The molecule has 2 aliphatic heterocycles. The van der Waals surface area contributed by atoms with Gasteiger partial charge in [-0.2, -0.15) is 0 Å². The monoisotopic (exact) mass is 378 g/mol. The maximum absolute atomic E-state index is 13.1. The van der Waals surface area contributed by atoms with Crippen molar-refractivity contribution in [2.24, 2.45) is 11.1 Å². The Morgan fingerprint density at radius 3 is 2.44 bits per heavy atom. The summed E-state index contributed by atoms with van der Waals surface area (Å²) in [5.74, 6) is -2.42. The number of nitrogens with zero attached hydrogens (tertiary/aromatic N) is 2. The summed E-state index contributed by atoms with van der Waals surface area (Å²) in [6.45, 7) is 0.